The molecule has 208 valence electrons. The predicted octanol–water partition coefficient (Wildman–Crippen LogP) is 4.09. The van der Waals surface area contributed by atoms with Crippen molar-refractivity contribution in [3.63, 3.8) is 0 Å². The highest BCUT2D eigenvalue weighted by molar-refractivity contribution is 5.99. The van der Waals surface area contributed by atoms with Gasteiger partial charge in [-0.15, -0.1) is 0 Å². The van der Waals surface area contributed by atoms with Gasteiger partial charge >= 0.3 is 0 Å². The van der Waals surface area contributed by atoms with Gasteiger partial charge < -0.3 is 16.0 Å². The van der Waals surface area contributed by atoms with Crippen molar-refractivity contribution in [2.24, 2.45) is 5.73 Å². The molecule has 2 aliphatic heterocycles. The molecule has 0 aliphatic carbocycles. The monoisotopic (exact) mass is 546 g/mol. The summed E-state index contributed by atoms with van der Waals surface area (Å²) in [4.78, 5) is 33.0. The van der Waals surface area contributed by atoms with Gasteiger partial charge in [0.2, 0.25) is 5.91 Å². The zero-order valence-electron chi connectivity index (χ0n) is 23.0. The molecule has 8 nitrogen and oxygen atoms in total. The fourth-order valence-electron chi connectivity index (χ4n) is 6.03. The number of hydrogen-bond donors (Lipinski definition) is 3. The van der Waals surface area contributed by atoms with E-state index in [2.05, 4.69) is 26.2 Å². The van der Waals surface area contributed by atoms with Crippen LogP contribution in [-0.4, -0.2) is 52.3 Å². The van der Waals surface area contributed by atoms with Gasteiger partial charge in [-0.25, -0.2) is 0 Å². The molecule has 2 aliphatic rings. The van der Waals surface area contributed by atoms with Crippen LogP contribution in [0.2, 0.25) is 0 Å². The zero-order chi connectivity index (χ0) is 28.3. The van der Waals surface area contributed by atoms with E-state index in [0.717, 1.165) is 75.0 Å². The van der Waals surface area contributed by atoms with Crippen molar-refractivity contribution in [1.29, 1.82) is 5.26 Å². The molecule has 2 amide bonds. The van der Waals surface area contributed by atoms with Crippen molar-refractivity contribution in [3.8, 4) is 6.07 Å². The van der Waals surface area contributed by atoms with Crippen molar-refractivity contribution < 1.29 is 9.59 Å². The molecule has 8 heteroatoms. The molecule has 3 aromatic carbocycles. The van der Waals surface area contributed by atoms with Crippen LogP contribution < -0.4 is 11.1 Å². The molecule has 3 heterocycles. The van der Waals surface area contributed by atoms with E-state index >= 15 is 0 Å². The normalized spacial score (nSPS) is 16.3. The maximum absolute atomic E-state index is 13.3. The largest absolute Gasteiger partial charge is 0.366 e. The van der Waals surface area contributed by atoms with Crippen LogP contribution in [0.4, 0.5) is 0 Å². The first kappa shape index (κ1) is 26.8. The van der Waals surface area contributed by atoms with E-state index in [1.807, 2.05) is 54.6 Å². The number of piperidine rings is 1. The molecule has 1 aromatic heterocycles. The Balaban J connectivity index is 1.07. The standard InChI is InChI=1S/C33H34N6O2/c34-18-22-1-3-23(4-2-22)19-38-14-11-27(12-15-38)36-33(41)26-9-10-30-28(17-26)29-21-39(16-13-31(29)37-30)20-24-5-7-25(8-6-24)32(35)40/h1-10,17,27,37H,11-16,19-21H2,(H2,35,40)(H,36,41). The number of aromatic amines is 1. The van der Waals surface area contributed by atoms with E-state index in [-0.39, 0.29) is 11.9 Å². The molecule has 0 unspecified atom stereocenters. The highest BCUT2D eigenvalue weighted by Crippen LogP contribution is 2.29. The molecule has 0 saturated carbocycles. The van der Waals surface area contributed by atoms with Crippen molar-refractivity contribution in [2.45, 2.75) is 44.9 Å². The predicted molar refractivity (Wildman–Crippen MR) is 158 cm³/mol. The topological polar surface area (TPSA) is 118 Å². The van der Waals surface area contributed by atoms with Crippen molar-refractivity contribution in [2.75, 3.05) is 19.6 Å². The summed E-state index contributed by atoms with van der Waals surface area (Å²) in [6.07, 6.45) is 2.75. The van der Waals surface area contributed by atoms with Gasteiger partial charge in [-0.05, 0) is 72.0 Å². The van der Waals surface area contributed by atoms with Crippen LogP contribution in [0.15, 0.2) is 66.7 Å². The number of benzene rings is 3. The van der Waals surface area contributed by atoms with Crippen LogP contribution in [0.5, 0.6) is 0 Å². The summed E-state index contributed by atoms with van der Waals surface area (Å²) >= 11 is 0. The highest BCUT2D eigenvalue weighted by Gasteiger charge is 2.24. The lowest BCUT2D eigenvalue weighted by molar-refractivity contribution is 0.0908. The highest BCUT2D eigenvalue weighted by atomic mass is 16.2. The van der Waals surface area contributed by atoms with Gasteiger partial charge in [0.05, 0.1) is 11.6 Å². The Labute approximate surface area is 239 Å². The number of fused-ring (bicyclic) bond motifs is 3. The third-order valence-corrected chi connectivity index (χ3v) is 8.37. The van der Waals surface area contributed by atoms with Crippen LogP contribution in [0.25, 0.3) is 10.9 Å². The number of likely N-dealkylation sites (tertiary alicyclic amines) is 1. The smallest absolute Gasteiger partial charge is 0.251 e. The second kappa shape index (κ2) is 11.6. The van der Waals surface area contributed by atoms with Gasteiger partial charge in [-0.1, -0.05) is 24.3 Å². The molecule has 41 heavy (non-hydrogen) atoms. The number of carbonyl (C=O) groups excluding carboxylic acids is 2. The number of aromatic nitrogens is 1. The van der Waals surface area contributed by atoms with Gasteiger partial charge in [0.1, 0.15) is 0 Å². The third-order valence-electron chi connectivity index (χ3n) is 8.37. The first-order chi connectivity index (χ1) is 19.9. The van der Waals surface area contributed by atoms with Crippen LogP contribution >= 0.6 is 0 Å². The van der Waals surface area contributed by atoms with Gasteiger partial charge in [0.15, 0.2) is 0 Å². The minimum atomic E-state index is -0.414. The average Bonchev–Trinajstić information content (AvgIpc) is 3.36. The van der Waals surface area contributed by atoms with E-state index in [0.29, 0.717) is 16.7 Å². The molecule has 0 atom stereocenters. The number of H-pyrrole nitrogens is 1. The average molecular weight is 547 g/mol. The second-order valence-electron chi connectivity index (χ2n) is 11.2. The molecule has 4 aromatic rings. The number of nitrogens with two attached hydrogens (primary N) is 1. The van der Waals surface area contributed by atoms with Gasteiger partial charge in [0.25, 0.3) is 5.91 Å². The maximum atomic E-state index is 13.3. The Morgan fingerprint density at radius 2 is 1.56 bits per heavy atom. The lowest BCUT2D eigenvalue weighted by Gasteiger charge is -2.32. The molecular weight excluding hydrogens is 512 g/mol. The summed E-state index contributed by atoms with van der Waals surface area (Å²) in [6.45, 7) is 5.24. The molecular formula is C33H34N6O2. The number of nitrogens with one attached hydrogen (secondary N) is 2. The van der Waals surface area contributed by atoms with Crippen molar-refractivity contribution >= 4 is 22.7 Å². The van der Waals surface area contributed by atoms with Crippen LogP contribution in [0.1, 0.15) is 61.5 Å². The SMILES string of the molecule is N#Cc1ccc(CN2CCC(NC(=O)c3ccc4[nH]c5c(c4c3)CN(Cc3ccc(C(N)=O)cc3)CC5)CC2)cc1. The fourth-order valence-corrected chi connectivity index (χ4v) is 6.03. The molecule has 6 rings (SSSR count). The van der Waals surface area contributed by atoms with Crippen LogP contribution in [-0.2, 0) is 26.1 Å². The summed E-state index contributed by atoms with van der Waals surface area (Å²) in [5, 5.41) is 13.4. The number of carbonyl (C=O) groups is 2. The summed E-state index contributed by atoms with van der Waals surface area (Å²) in [5.41, 5.74) is 13.2. The Hall–Kier alpha value is -4.45. The first-order valence-electron chi connectivity index (χ1n) is 14.2. The van der Waals surface area contributed by atoms with Crippen molar-refractivity contribution in [3.05, 3.63) is 106 Å². The first-order valence-corrected chi connectivity index (χ1v) is 14.2. The Bertz CT molecular complexity index is 1610. The van der Waals surface area contributed by atoms with E-state index in [1.165, 1.54) is 16.8 Å². The Morgan fingerprint density at radius 3 is 2.24 bits per heavy atom. The quantitative estimate of drug-likeness (QED) is 0.323. The van der Waals surface area contributed by atoms with E-state index in [1.54, 1.807) is 12.1 Å². The van der Waals surface area contributed by atoms with E-state index in [4.69, 9.17) is 11.0 Å². The number of primary amides is 1. The number of amides is 2. The molecule has 1 saturated heterocycles. The summed E-state index contributed by atoms with van der Waals surface area (Å²) in [5.74, 6) is -0.433. The molecule has 4 N–H and O–H groups in total. The minimum absolute atomic E-state index is 0.0189. The van der Waals surface area contributed by atoms with Crippen LogP contribution in [0, 0.1) is 11.3 Å². The van der Waals surface area contributed by atoms with Gasteiger partial charge in [-0.3, -0.25) is 19.4 Å². The molecule has 0 radical (unpaired) electrons. The van der Waals surface area contributed by atoms with E-state index in [9.17, 15) is 9.59 Å². The maximum Gasteiger partial charge on any atom is 0.251 e. The Kier molecular flexibility index (Phi) is 7.55. The minimum Gasteiger partial charge on any atom is -0.366 e. The number of rotatable bonds is 7. The van der Waals surface area contributed by atoms with Gasteiger partial charge in [0, 0.05) is 79.5 Å². The third kappa shape index (κ3) is 6.02. The molecule has 1 fully saturated rings. The fraction of sp³-hybridized carbons (Fsp3) is 0.303. The number of hydrogen-bond acceptors (Lipinski definition) is 5. The molecule has 0 spiro atoms. The van der Waals surface area contributed by atoms with Gasteiger partial charge in [-0.2, -0.15) is 5.26 Å². The molecule has 0 bridgehead atoms. The summed E-state index contributed by atoms with van der Waals surface area (Å²) < 4.78 is 0. The summed E-state index contributed by atoms with van der Waals surface area (Å²) in [6, 6.07) is 23.5. The lowest BCUT2D eigenvalue weighted by Crippen LogP contribution is -2.44. The Morgan fingerprint density at radius 1 is 0.902 bits per heavy atom. The number of nitrogens with zero attached hydrogens (tertiary/aromatic N) is 3. The number of nitriles is 1. The van der Waals surface area contributed by atoms with Crippen LogP contribution in [0.3, 0.4) is 0 Å². The van der Waals surface area contributed by atoms with Crippen molar-refractivity contribution in [1.82, 2.24) is 20.1 Å². The van der Waals surface area contributed by atoms with E-state index < -0.39 is 5.91 Å². The lowest BCUT2D eigenvalue weighted by atomic mass is 10.0. The zero-order valence-corrected chi connectivity index (χ0v) is 23.0. The summed E-state index contributed by atoms with van der Waals surface area (Å²) in [7, 11) is 0. The second-order valence-corrected chi connectivity index (χ2v) is 11.2.